The van der Waals surface area contributed by atoms with Crippen LogP contribution in [-0.2, 0) is 4.74 Å². The van der Waals surface area contributed by atoms with E-state index in [1.807, 2.05) is 0 Å². The van der Waals surface area contributed by atoms with Gasteiger partial charge in [-0.25, -0.2) is 4.79 Å². The van der Waals surface area contributed by atoms with Crippen molar-refractivity contribution in [3.05, 3.63) is 52.3 Å². The second-order valence-corrected chi connectivity index (χ2v) is 6.19. The van der Waals surface area contributed by atoms with E-state index in [1.165, 1.54) is 28.8 Å². The first-order valence-electron chi connectivity index (χ1n) is 9.53. The number of ether oxygens (including phenoxy) is 3. The molecule has 1 N–H and O–H groups in total. The number of alkyl halides is 2. The Labute approximate surface area is 176 Å². The minimum Gasteiger partial charge on any atom is -0.478 e. The third kappa shape index (κ3) is 4.42. The minimum atomic E-state index is -2.98. The number of hydrogen-bond acceptors (Lipinski definition) is 7. The minimum absolute atomic E-state index is 0.0727. The van der Waals surface area contributed by atoms with E-state index >= 15 is 0 Å². The van der Waals surface area contributed by atoms with Crippen molar-refractivity contribution in [2.75, 3.05) is 25.6 Å². The molecule has 0 radical (unpaired) electrons. The highest BCUT2D eigenvalue weighted by molar-refractivity contribution is 6.04. The molecule has 0 saturated heterocycles. The Hall–Kier alpha value is -3.69. The molecule has 1 aromatic carbocycles. The summed E-state index contributed by atoms with van der Waals surface area (Å²) in [6, 6.07) is 8.72. The van der Waals surface area contributed by atoms with Crippen LogP contribution in [0.25, 0.3) is 16.7 Å². The molecular formula is C21H21F2N3O5. The van der Waals surface area contributed by atoms with E-state index < -0.39 is 18.1 Å². The van der Waals surface area contributed by atoms with Crippen LogP contribution in [0.15, 0.2) is 41.2 Å². The number of carbonyl (C=O) groups excluding carboxylic acids is 1. The summed E-state index contributed by atoms with van der Waals surface area (Å²) in [4.78, 5) is 30.4. The summed E-state index contributed by atoms with van der Waals surface area (Å²) in [6.07, 6.45) is 0. The van der Waals surface area contributed by atoms with Crippen molar-refractivity contribution in [2.45, 2.75) is 20.5 Å². The number of hydrogen-bond donors (Lipinski definition) is 1. The molecule has 2 heterocycles. The summed E-state index contributed by atoms with van der Waals surface area (Å²) in [6.45, 7) is 0.899. The standard InChI is InChI=1S/C21H21F2N3O5/c1-4-29-15-11-10-14-17(24-3)16(20(28)30-5-2)19(27)26(18(14)25-15)12-6-8-13(9-7-12)31-21(22)23/h6-11,21,24H,4-5H2,1-3H3. The molecule has 3 aromatic rings. The lowest BCUT2D eigenvalue weighted by molar-refractivity contribution is -0.0498. The van der Waals surface area contributed by atoms with Crippen molar-refractivity contribution in [3.8, 4) is 17.3 Å². The first kappa shape index (κ1) is 22.0. The highest BCUT2D eigenvalue weighted by Gasteiger charge is 2.25. The second kappa shape index (κ2) is 9.41. The van der Waals surface area contributed by atoms with Crippen LogP contribution in [0.5, 0.6) is 11.6 Å². The average Bonchev–Trinajstić information content (AvgIpc) is 2.73. The van der Waals surface area contributed by atoms with Crippen LogP contribution in [0.3, 0.4) is 0 Å². The summed E-state index contributed by atoms with van der Waals surface area (Å²) in [5.41, 5.74) is -0.0977. The van der Waals surface area contributed by atoms with Crippen LogP contribution in [0.1, 0.15) is 24.2 Å². The van der Waals surface area contributed by atoms with Crippen LogP contribution in [0, 0.1) is 0 Å². The van der Waals surface area contributed by atoms with Gasteiger partial charge in [0, 0.05) is 18.5 Å². The van der Waals surface area contributed by atoms with Crippen molar-refractivity contribution >= 4 is 22.7 Å². The summed E-state index contributed by atoms with van der Waals surface area (Å²) >= 11 is 0. The Morgan fingerprint density at radius 2 is 1.84 bits per heavy atom. The predicted octanol–water partition coefficient (Wildman–Crippen LogP) is 3.60. The molecule has 2 aromatic heterocycles. The van der Waals surface area contributed by atoms with E-state index in [1.54, 1.807) is 33.0 Å². The van der Waals surface area contributed by atoms with Crippen LogP contribution in [-0.4, -0.2) is 42.4 Å². The van der Waals surface area contributed by atoms with Crippen molar-refractivity contribution in [3.63, 3.8) is 0 Å². The van der Waals surface area contributed by atoms with Crippen LogP contribution >= 0.6 is 0 Å². The number of pyridine rings is 2. The molecule has 10 heteroatoms. The fraction of sp³-hybridized carbons (Fsp3) is 0.286. The average molecular weight is 433 g/mol. The van der Waals surface area contributed by atoms with E-state index in [2.05, 4.69) is 15.0 Å². The normalized spacial score (nSPS) is 10.9. The molecule has 0 saturated carbocycles. The Bertz CT molecular complexity index is 1150. The third-order valence-corrected chi connectivity index (χ3v) is 4.34. The first-order valence-corrected chi connectivity index (χ1v) is 9.53. The van der Waals surface area contributed by atoms with Gasteiger partial charge < -0.3 is 19.5 Å². The zero-order chi connectivity index (χ0) is 22.5. The van der Waals surface area contributed by atoms with Crippen molar-refractivity contribution < 1.29 is 27.8 Å². The molecule has 164 valence electrons. The fourth-order valence-electron chi connectivity index (χ4n) is 3.14. The molecular weight excluding hydrogens is 412 g/mol. The van der Waals surface area contributed by atoms with E-state index in [9.17, 15) is 18.4 Å². The van der Waals surface area contributed by atoms with Crippen LogP contribution in [0.2, 0.25) is 0 Å². The zero-order valence-corrected chi connectivity index (χ0v) is 17.1. The first-order chi connectivity index (χ1) is 14.9. The largest absolute Gasteiger partial charge is 0.478 e. The summed E-state index contributed by atoms with van der Waals surface area (Å²) in [7, 11) is 1.58. The maximum absolute atomic E-state index is 13.4. The van der Waals surface area contributed by atoms with Gasteiger partial charge in [-0.3, -0.25) is 9.36 Å². The highest BCUT2D eigenvalue weighted by atomic mass is 19.3. The highest BCUT2D eigenvalue weighted by Crippen LogP contribution is 2.29. The number of fused-ring (bicyclic) bond motifs is 1. The van der Waals surface area contributed by atoms with Crippen molar-refractivity contribution in [2.24, 2.45) is 0 Å². The molecule has 0 aliphatic carbocycles. The maximum atomic E-state index is 13.4. The third-order valence-electron chi connectivity index (χ3n) is 4.34. The Morgan fingerprint density at radius 1 is 1.13 bits per heavy atom. The number of benzene rings is 1. The maximum Gasteiger partial charge on any atom is 0.387 e. The number of rotatable bonds is 8. The monoisotopic (exact) mass is 433 g/mol. The summed E-state index contributed by atoms with van der Waals surface area (Å²) in [5.74, 6) is -0.581. The number of nitrogens with one attached hydrogen (secondary N) is 1. The number of carbonyl (C=O) groups is 1. The molecule has 31 heavy (non-hydrogen) atoms. The summed E-state index contributed by atoms with van der Waals surface area (Å²) in [5, 5.41) is 3.35. The number of anilines is 1. The lowest BCUT2D eigenvalue weighted by atomic mass is 10.1. The van der Waals surface area contributed by atoms with E-state index in [-0.39, 0.29) is 35.1 Å². The van der Waals surface area contributed by atoms with E-state index in [0.717, 1.165) is 0 Å². The number of aromatic nitrogens is 2. The van der Waals surface area contributed by atoms with E-state index in [4.69, 9.17) is 9.47 Å². The second-order valence-electron chi connectivity index (χ2n) is 6.19. The van der Waals surface area contributed by atoms with Gasteiger partial charge in [-0.15, -0.1) is 0 Å². The van der Waals surface area contributed by atoms with Crippen molar-refractivity contribution in [1.82, 2.24) is 9.55 Å². The lowest BCUT2D eigenvalue weighted by Crippen LogP contribution is -2.29. The topological polar surface area (TPSA) is 91.7 Å². The molecule has 0 bridgehead atoms. The molecule has 0 fully saturated rings. The van der Waals surface area contributed by atoms with Gasteiger partial charge in [0.25, 0.3) is 5.56 Å². The van der Waals surface area contributed by atoms with Gasteiger partial charge in [-0.2, -0.15) is 13.8 Å². The van der Waals surface area contributed by atoms with Gasteiger partial charge >= 0.3 is 12.6 Å². The van der Waals surface area contributed by atoms with Gasteiger partial charge in [0.05, 0.1) is 24.6 Å². The Balaban J connectivity index is 2.33. The molecule has 0 spiro atoms. The summed E-state index contributed by atoms with van der Waals surface area (Å²) < 4.78 is 41.0. The predicted molar refractivity (Wildman–Crippen MR) is 111 cm³/mol. The molecule has 0 atom stereocenters. The van der Waals surface area contributed by atoms with E-state index in [0.29, 0.717) is 17.7 Å². The SMILES string of the molecule is CCOC(=O)c1c(NC)c2ccc(OCC)nc2n(-c2ccc(OC(F)F)cc2)c1=O. The zero-order valence-electron chi connectivity index (χ0n) is 17.1. The smallest absolute Gasteiger partial charge is 0.387 e. The van der Waals surface area contributed by atoms with Crippen LogP contribution in [0.4, 0.5) is 14.5 Å². The van der Waals surface area contributed by atoms with Gasteiger partial charge in [-0.05, 0) is 44.2 Å². The van der Waals surface area contributed by atoms with Gasteiger partial charge in [0.2, 0.25) is 5.88 Å². The number of nitrogens with zero attached hydrogens (tertiary/aromatic N) is 2. The Kier molecular flexibility index (Phi) is 6.68. The number of esters is 1. The van der Waals surface area contributed by atoms with Gasteiger partial charge in [0.15, 0.2) is 5.65 Å². The van der Waals surface area contributed by atoms with Gasteiger partial charge in [-0.1, -0.05) is 0 Å². The Morgan fingerprint density at radius 3 is 2.42 bits per heavy atom. The molecule has 3 rings (SSSR count). The van der Waals surface area contributed by atoms with Gasteiger partial charge in [0.1, 0.15) is 11.3 Å². The lowest BCUT2D eigenvalue weighted by Gasteiger charge is -2.17. The molecule has 8 nitrogen and oxygen atoms in total. The quantitative estimate of drug-likeness (QED) is 0.543. The molecule has 0 aliphatic heterocycles. The van der Waals surface area contributed by atoms with Crippen LogP contribution < -0.4 is 20.3 Å². The fourth-order valence-corrected chi connectivity index (χ4v) is 3.14. The molecule has 0 amide bonds. The molecule has 0 aliphatic rings. The van der Waals surface area contributed by atoms with Crippen molar-refractivity contribution in [1.29, 1.82) is 0 Å². The number of halogens is 2. The molecule has 0 unspecified atom stereocenters.